The third-order valence-corrected chi connectivity index (χ3v) is 18.9. The molecule has 0 spiro atoms. The zero-order valence-corrected chi connectivity index (χ0v) is 78.3. The van der Waals surface area contributed by atoms with Crippen LogP contribution in [0, 0.1) is 5.92 Å². The van der Waals surface area contributed by atoms with Gasteiger partial charge < -0.3 is 202 Å². The van der Waals surface area contributed by atoms with Crippen LogP contribution in [0.25, 0.3) is 0 Å². The fraction of sp³-hybridized carbons (Fsp3) is 0.798. The number of unbranched alkanes of at least 4 members (excludes halogenated alkanes) is 1. The Morgan fingerprint density at radius 3 is 1.02 bits per heavy atom. The molecule has 0 aromatic heterocycles. The van der Waals surface area contributed by atoms with E-state index in [1.54, 1.807) is 38.1 Å². The number of nitrogens with zero attached hydrogens (tertiary/aromatic N) is 1. The maximum absolute atomic E-state index is 14.2. The number of carbonyl (C=O) groups is 11. The molecule has 0 radical (unpaired) electrons. The van der Waals surface area contributed by atoms with Gasteiger partial charge in [-0.1, -0.05) is 26.0 Å². The van der Waals surface area contributed by atoms with Gasteiger partial charge in [0.1, 0.15) is 54.7 Å². The van der Waals surface area contributed by atoms with Crippen LogP contribution < -0.4 is 70.0 Å². The Labute approximate surface area is 792 Å². The van der Waals surface area contributed by atoms with Gasteiger partial charge in [0.25, 0.3) is 0 Å². The summed E-state index contributed by atoms with van der Waals surface area (Å²) in [5, 5.41) is 136. The molecular weight excluding hydrogens is 1810 g/mol. The molecule has 1 rings (SSSR count). The van der Waals surface area contributed by atoms with Crippen molar-refractivity contribution in [3.63, 3.8) is 0 Å². The Bertz CT molecular complexity index is 3250. The highest BCUT2D eigenvalue weighted by atomic mass is 16.6. The van der Waals surface area contributed by atoms with Gasteiger partial charge in [0.05, 0.1) is 276 Å². The topological polar surface area (TPSA) is 746 Å². The molecule has 52 nitrogen and oxygen atoms in total. The van der Waals surface area contributed by atoms with E-state index >= 15 is 0 Å². The van der Waals surface area contributed by atoms with E-state index in [-0.39, 0.29) is 196 Å². The second kappa shape index (κ2) is 85.0. The number of primary amides is 1. The molecule has 788 valence electrons. The van der Waals surface area contributed by atoms with Gasteiger partial charge in [0, 0.05) is 57.8 Å². The van der Waals surface area contributed by atoms with Crippen molar-refractivity contribution in [2.45, 2.75) is 132 Å². The summed E-state index contributed by atoms with van der Waals surface area (Å²) >= 11 is 0. The molecule has 136 heavy (non-hydrogen) atoms. The second-order valence-electron chi connectivity index (χ2n) is 30.4. The standard InChI is InChI=1S/C84H154N14O38/c1-60(2)76(83(119)96-64(7-5-15-89-84(86)120)81(117)94-62-10-8-61(57-99)9-11-62)97-82(118)63(95-70(107)13-19-122-23-27-126-30-32-127-28-24-123-20-16-88-72(109)51-91-74(111)53-93-75(112)54-92-73(110)52-90-71(108)50-85)6-3-4-14-87-69(106)12-18-121-22-26-125-31-34-129-36-38-131-40-42-133-44-46-135-48-49-136-47-45-134-43-41-132-39-37-130-35-33-128-29-25-124-21-17-98(55-65(102)77(113)79(115)67(104)58-100)56-66(103)78(114)80(116)68(105)59-101/h8-11,60,63-68,76-80,99-105,113-116H,3-7,12-59,85H2,1-2H3,(H,87,106)(H,88,109)(H,90,108)(H,91,111)(H,92,110)(H,93,112)(H,94,117)(H,95,107)(H,96,119)(H,97,118)(H3,86,89,120)/t63-,64-,65-,66-,67+,68+,76-,77+,78+,79+,80+/m0/s1. The number of aliphatic hydroxyl groups is 11. The minimum absolute atomic E-state index is 0.00177. The molecule has 0 aliphatic carbocycles. The second-order valence-corrected chi connectivity index (χ2v) is 30.4. The van der Waals surface area contributed by atoms with E-state index in [1.807, 2.05) is 0 Å². The van der Waals surface area contributed by atoms with Crippen LogP contribution in [-0.4, -0.2) is 490 Å². The van der Waals surface area contributed by atoms with Crippen LogP contribution in [0.5, 0.6) is 0 Å². The van der Waals surface area contributed by atoms with E-state index in [4.69, 9.17) is 97.5 Å². The molecule has 0 fully saturated rings. The van der Waals surface area contributed by atoms with E-state index < -0.39 is 171 Å². The summed E-state index contributed by atoms with van der Waals surface area (Å²) in [4.78, 5) is 139. The first-order chi connectivity index (χ1) is 65.6. The number of rotatable bonds is 93. The lowest BCUT2D eigenvalue weighted by Gasteiger charge is -2.33. The van der Waals surface area contributed by atoms with Crippen molar-refractivity contribution in [3.8, 4) is 0 Å². The van der Waals surface area contributed by atoms with Gasteiger partial charge in [-0.15, -0.1) is 0 Å². The predicted molar refractivity (Wildman–Crippen MR) is 480 cm³/mol. The number of nitrogens with one attached hydrogen (secondary N) is 11. The first-order valence-electron chi connectivity index (χ1n) is 45.4. The lowest BCUT2D eigenvalue weighted by molar-refractivity contribution is -0.134. The molecule has 0 aliphatic heterocycles. The van der Waals surface area contributed by atoms with Crippen molar-refractivity contribution >= 4 is 70.8 Å². The molecule has 0 saturated carbocycles. The number of ether oxygens (including phenoxy) is 16. The Balaban J connectivity index is 2.32. The Morgan fingerprint density at radius 1 is 0.331 bits per heavy atom. The number of benzene rings is 1. The number of hydrogen-bond acceptors (Lipinski definition) is 40. The summed E-state index contributed by atoms with van der Waals surface area (Å²) in [7, 11) is 0. The van der Waals surface area contributed by atoms with Crippen LogP contribution in [-0.2, 0) is 130 Å². The number of nitrogens with two attached hydrogens (primary N) is 2. The van der Waals surface area contributed by atoms with Crippen molar-refractivity contribution in [3.05, 3.63) is 29.8 Å². The molecule has 0 saturated heterocycles. The number of aliphatic hydroxyl groups excluding tert-OH is 11. The predicted octanol–water partition coefficient (Wildman–Crippen LogP) is -11.3. The third-order valence-electron chi connectivity index (χ3n) is 18.9. The van der Waals surface area contributed by atoms with Crippen LogP contribution in [0.3, 0.4) is 0 Å². The number of amides is 12. The Hall–Kier alpha value is -7.97. The van der Waals surface area contributed by atoms with E-state index in [0.29, 0.717) is 130 Å². The fourth-order valence-electron chi connectivity index (χ4n) is 11.3. The first-order valence-corrected chi connectivity index (χ1v) is 45.4. The van der Waals surface area contributed by atoms with Crippen molar-refractivity contribution in [1.82, 2.24) is 58.1 Å². The van der Waals surface area contributed by atoms with Crippen molar-refractivity contribution in [2.24, 2.45) is 17.4 Å². The molecule has 0 aliphatic rings. The summed E-state index contributed by atoms with van der Waals surface area (Å²) in [6.07, 6.45) is -13.4. The molecule has 0 unspecified atom stereocenters. The molecule has 1 aromatic carbocycles. The van der Waals surface area contributed by atoms with Crippen LogP contribution in [0.4, 0.5) is 10.5 Å². The van der Waals surface area contributed by atoms with E-state index in [9.17, 15) is 98.7 Å². The number of hydrogen-bond donors (Lipinski definition) is 24. The minimum Gasteiger partial charge on any atom is -0.394 e. The summed E-state index contributed by atoms with van der Waals surface area (Å²) < 4.78 is 88.5. The number of anilines is 1. The smallest absolute Gasteiger partial charge is 0.312 e. The third kappa shape index (κ3) is 69.8. The van der Waals surface area contributed by atoms with Crippen molar-refractivity contribution in [2.75, 3.05) is 302 Å². The molecule has 11 atom stereocenters. The van der Waals surface area contributed by atoms with E-state index in [0.717, 1.165) is 0 Å². The van der Waals surface area contributed by atoms with E-state index in [2.05, 4.69) is 58.5 Å². The zero-order valence-electron chi connectivity index (χ0n) is 78.3. The van der Waals surface area contributed by atoms with Gasteiger partial charge in [0.2, 0.25) is 59.1 Å². The molecule has 26 N–H and O–H groups in total. The van der Waals surface area contributed by atoms with Crippen LogP contribution in [0.15, 0.2) is 24.3 Å². The summed E-state index contributed by atoms with van der Waals surface area (Å²) in [5.74, 6) is -6.31. The normalized spacial score (nSPS) is 13.9. The monoisotopic (exact) mass is 1970 g/mol. The van der Waals surface area contributed by atoms with E-state index in [1.165, 1.54) is 4.90 Å². The summed E-state index contributed by atoms with van der Waals surface area (Å²) in [5.41, 5.74) is 11.4. The highest BCUT2D eigenvalue weighted by molar-refractivity contribution is 5.99. The Kier molecular flexibility index (Phi) is 78.8. The van der Waals surface area contributed by atoms with Gasteiger partial charge in [0.15, 0.2) is 0 Å². The van der Waals surface area contributed by atoms with Gasteiger partial charge in [-0.25, -0.2) is 4.79 Å². The summed E-state index contributed by atoms with van der Waals surface area (Å²) in [6, 6.07) is 2.14. The van der Waals surface area contributed by atoms with Gasteiger partial charge in [-0.05, 0) is 55.7 Å². The minimum atomic E-state index is -1.90. The molecule has 12 amide bonds. The fourth-order valence-corrected chi connectivity index (χ4v) is 11.3. The zero-order chi connectivity index (χ0) is 100. The highest BCUT2D eigenvalue weighted by Gasteiger charge is 2.36. The van der Waals surface area contributed by atoms with Crippen LogP contribution in [0.1, 0.15) is 64.4 Å². The van der Waals surface area contributed by atoms with Crippen molar-refractivity contribution < 1.29 is 185 Å². The maximum atomic E-state index is 14.2. The van der Waals surface area contributed by atoms with Crippen LogP contribution >= 0.6 is 0 Å². The van der Waals surface area contributed by atoms with Gasteiger partial charge in [-0.3, -0.25) is 52.8 Å². The van der Waals surface area contributed by atoms with Crippen LogP contribution in [0.2, 0.25) is 0 Å². The number of urea groups is 1. The maximum Gasteiger partial charge on any atom is 0.312 e. The Morgan fingerprint density at radius 2 is 0.654 bits per heavy atom. The quantitative estimate of drug-likeness (QED) is 0.0269. The largest absolute Gasteiger partial charge is 0.394 e. The molecule has 1 aromatic rings. The lowest BCUT2D eigenvalue weighted by Crippen LogP contribution is -2.57. The number of carbonyl (C=O) groups excluding carboxylic acids is 11. The average molecular weight is 1970 g/mol. The van der Waals surface area contributed by atoms with Gasteiger partial charge in [-0.2, -0.15) is 0 Å². The average Bonchev–Trinajstić information content (AvgIpc) is 0.800. The lowest BCUT2D eigenvalue weighted by atomic mass is 10.0. The van der Waals surface area contributed by atoms with Crippen molar-refractivity contribution in [1.29, 1.82) is 0 Å². The SMILES string of the molecule is CC(C)[C@H](NC(=O)[C@H](CCCCNC(=O)CCOCCOCCOCCOCCOCCOCCOCCOCCOCCOCCOCCOCCN(C[C@H](O)[C@@H](O)[C@H](O)[C@H](O)CO)C[C@H](O)[C@@H](O)[C@H](O)[C@H](O)CO)NC(=O)CCOCCOCCOCCOCCNC(=O)CNC(=O)CNC(=O)CNC(=O)CNC(=O)CN)C(=O)N[C@@H](CCCNC(N)=O)C(=O)Nc1ccc(CO)cc1. The molecular formula is C84H154N14O38. The first kappa shape index (κ1) is 126. The molecule has 0 bridgehead atoms. The molecule has 0 heterocycles. The van der Waals surface area contributed by atoms with Gasteiger partial charge >= 0.3 is 6.03 Å². The highest BCUT2D eigenvalue weighted by Crippen LogP contribution is 2.15. The summed E-state index contributed by atoms with van der Waals surface area (Å²) in [6.45, 7) is 7.66. The molecule has 52 heteroatoms.